The number of unbranched alkanes of at least 4 members (excludes halogenated alkanes) is 1. The highest BCUT2D eigenvalue weighted by Crippen LogP contribution is 2.82. The van der Waals surface area contributed by atoms with E-state index in [1.807, 2.05) is 0 Å². The summed E-state index contributed by atoms with van der Waals surface area (Å²) >= 11 is 0. The molecular formula is C19H24. The molecule has 2 fully saturated rings. The molecule has 0 heterocycles. The zero-order chi connectivity index (χ0) is 12.9. The Morgan fingerprint density at radius 2 is 2.05 bits per heavy atom. The fraction of sp³-hybridized carbons (Fsp3) is 0.579. The third-order valence-electron chi connectivity index (χ3n) is 6.17. The van der Waals surface area contributed by atoms with E-state index in [0.717, 1.165) is 5.92 Å². The van der Waals surface area contributed by atoms with Crippen LogP contribution in [-0.4, -0.2) is 0 Å². The first kappa shape index (κ1) is 11.8. The minimum atomic E-state index is 0.606. The van der Waals surface area contributed by atoms with Gasteiger partial charge in [0.25, 0.3) is 0 Å². The summed E-state index contributed by atoms with van der Waals surface area (Å²) in [5.41, 5.74) is 4.50. The normalized spacial score (nSPS) is 38.8. The zero-order valence-corrected chi connectivity index (χ0v) is 12.0. The molecule has 1 spiro atoms. The second kappa shape index (κ2) is 3.98. The van der Waals surface area contributed by atoms with E-state index in [9.17, 15) is 0 Å². The predicted octanol–water partition coefficient (Wildman–Crippen LogP) is 5.45. The van der Waals surface area contributed by atoms with E-state index in [4.69, 9.17) is 0 Å². The van der Waals surface area contributed by atoms with Crippen LogP contribution in [0.15, 0.2) is 36.4 Å². The van der Waals surface area contributed by atoms with Crippen molar-refractivity contribution in [3.05, 3.63) is 42.0 Å². The molecule has 0 aromatic heterocycles. The van der Waals surface area contributed by atoms with Crippen molar-refractivity contribution >= 4 is 5.57 Å². The lowest BCUT2D eigenvalue weighted by Gasteiger charge is -2.19. The standard InChI is InChI=1S/C19H24/c1-2-3-11-18-13-16(15-8-5-4-6-9-15)17-10-7-12-19(17,18)14-18/h4-6,8-9,13,17H,2-3,7,10-12,14H2,1H3/t17?,18-,19-/m1/s1. The molecule has 19 heavy (non-hydrogen) atoms. The third kappa shape index (κ3) is 1.46. The van der Waals surface area contributed by atoms with Gasteiger partial charge in [-0.3, -0.25) is 0 Å². The monoisotopic (exact) mass is 252 g/mol. The smallest absolute Gasteiger partial charge is 0.00437 e. The molecule has 0 amide bonds. The molecule has 0 saturated heterocycles. The van der Waals surface area contributed by atoms with Crippen LogP contribution >= 0.6 is 0 Å². The maximum absolute atomic E-state index is 2.71. The first-order chi connectivity index (χ1) is 9.31. The number of allylic oxidation sites excluding steroid dienone is 2. The quantitative estimate of drug-likeness (QED) is 0.668. The van der Waals surface area contributed by atoms with Crippen LogP contribution in [0.4, 0.5) is 0 Å². The zero-order valence-electron chi connectivity index (χ0n) is 12.0. The Morgan fingerprint density at radius 3 is 2.84 bits per heavy atom. The molecular weight excluding hydrogens is 228 g/mol. The molecule has 1 aromatic carbocycles. The SMILES string of the molecule is CCCC[C@]12C=C(c3ccccc3)C3CCC[C@@]31C2. The topological polar surface area (TPSA) is 0 Å². The van der Waals surface area contributed by atoms with E-state index < -0.39 is 0 Å². The second-order valence-corrected chi connectivity index (χ2v) is 7.00. The summed E-state index contributed by atoms with van der Waals surface area (Å²) in [6.45, 7) is 2.33. The Bertz CT molecular complexity index is 512. The highest BCUT2D eigenvalue weighted by molar-refractivity contribution is 5.75. The van der Waals surface area contributed by atoms with Gasteiger partial charge in [-0.2, -0.15) is 0 Å². The van der Waals surface area contributed by atoms with Crippen LogP contribution < -0.4 is 0 Å². The van der Waals surface area contributed by atoms with Gasteiger partial charge in [-0.15, -0.1) is 0 Å². The minimum absolute atomic E-state index is 0.606. The van der Waals surface area contributed by atoms with Gasteiger partial charge in [0.1, 0.15) is 0 Å². The molecule has 100 valence electrons. The van der Waals surface area contributed by atoms with Crippen LogP contribution in [0.2, 0.25) is 0 Å². The van der Waals surface area contributed by atoms with Crippen molar-refractivity contribution < 1.29 is 0 Å². The average Bonchev–Trinajstić information content (AvgIpc) is 2.77. The minimum Gasteiger partial charge on any atom is -0.0736 e. The van der Waals surface area contributed by atoms with Crippen LogP contribution in [0.3, 0.4) is 0 Å². The van der Waals surface area contributed by atoms with Crippen LogP contribution in [0.1, 0.15) is 57.4 Å². The van der Waals surface area contributed by atoms with Crippen molar-refractivity contribution in [3.8, 4) is 0 Å². The van der Waals surface area contributed by atoms with Gasteiger partial charge in [0.2, 0.25) is 0 Å². The first-order valence-electron chi connectivity index (χ1n) is 8.09. The van der Waals surface area contributed by atoms with Crippen molar-refractivity contribution in [1.29, 1.82) is 0 Å². The summed E-state index contributed by atoms with van der Waals surface area (Å²) in [4.78, 5) is 0. The number of hydrogen-bond donors (Lipinski definition) is 0. The van der Waals surface area contributed by atoms with E-state index in [-0.39, 0.29) is 0 Å². The van der Waals surface area contributed by atoms with E-state index in [2.05, 4.69) is 43.3 Å². The van der Waals surface area contributed by atoms with Crippen molar-refractivity contribution in [2.45, 2.75) is 51.9 Å². The second-order valence-electron chi connectivity index (χ2n) is 7.00. The van der Waals surface area contributed by atoms with Gasteiger partial charge in [0, 0.05) is 0 Å². The summed E-state index contributed by atoms with van der Waals surface area (Å²) in [7, 11) is 0. The maximum atomic E-state index is 2.71. The molecule has 0 N–H and O–H groups in total. The summed E-state index contributed by atoms with van der Waals surface area (Å²) < 4.78 is 0. The van der Waals surface area contributed by atoms with E-state index in [1.165, 1.54) is 50.5 Å². The van der Waals surface area contributed by atoms with E-state index >= 15 is 0 Å². The average molecular weight is 252 g/mol. The maximum Gasteiger partial charge on any atom is -0.00437 e. The van der Waals surface area contributed by atoms with Gasteiger partial charge in [-0.1, -0.05) is 62.6 Å². The van der Waals surface area contributed by atoms with Gasteiger partial charge in [0.05, 0.1) is 0 Å². The lowest BCUT2D eigenvalue weighted by atomic mass is 9.84. The number of benzene rings is 1. The van der Waals surface area contributed by atoms with Crippen molar-refractivity contribution in [3.63, 3.8) is 0 Å². The van der Waals surface area contributed by atoms with Gasteiger partial charge < -0.3 is 0 Å². The van der Waals surface area contributed by atoms with Crippen molar-refractivity contribution in [2.24, 2.45) is 16.7 Å². The molecule has 3 aliphatic carbocycles. The van der Waals surface area contributed by atoms with Crippen LogP contribution in [0, 0.1) is 16.7 Å². The Morgan fingerprint density at radius 1 is 1.21 bits per heavy atom. The van der Waals surface area contributed by atoms with Gasteiger partial charge >= 0.3 is 0 Å². The molecule has 4 rings (SSSR count). The number of rotatable bonds is 4. The Labute approximate surface area is 116 Å². The summed E-state index contributed by atoms with van der Waals surface area (Å²) in [6, 6.07) is 11.2. The van der Waals surface area contributed by atoms with Crippen molar-refractivity contribution in [1.82, 2.24) is 0 Å². The van der Waals surface area contributed by atoms with Crippen LogP contribution in [-0.2, 0) is 0 Å². The Balaban J connectivity index is 1.71. The lowest BCUT2D eigenvalue weighted by Crippen LogP contribution is -2.11. The molecule has 0 nitrogen and oxygen atoms in total. The van der Waals surface area contributed by atoms with Gasteiger partial charge in [-0.05, 0) is 53.6 Å². The molecule has 0 bridgehead atoms. The first-order valence-corrected chi connectivity index (χ1v) is 8.09. The van der Waals surface area contributed by atoms with Gasteiger partial charge in [-0.25, -0.2) is 0 Å². The molecule has 3 atom stereocenters. The Kier molecular flexibility index (Phi) is 2.46. The fourth-order valence-electron chi connectivity index (χ4n) is 5.26. The highest BCUT2D eigenvalue weighted by Gasteiger charge is 2.73. The Hall–Kier alpha value is -1.04. The highest BCUT2D eigenvalue weighted by atomic mass is 14.8. The third-order valence-corrected chi connectivity index (χ3v) is 6.17. The molecule has 2 saturated carbocycles. The van der Waals surface area contributed by atoms with E-state index in [1.54, 1.807) is 5.57 Å². The molecule has 0 heteroatoms. The van der Waals surface area contributed by atoms with Crippen LogP contribution in [0.5, 0.6) is 0 Å². The van der Waals surface area contributed by atoms with Crippen LogP contribution in [0.25, 0.3) is 5.57 Å². The van der Waals surface area contributed by atoms with Crippen molar-refractivity contribution in [2.75, 3.05) is 0 Å². The molecule has 3 aliphatic rings. The summed E-state index contributed by atoms with van der Waals surface area (Å²) in [5.74, 6) is 0.881. The van der Waals surface area contributed by atoms with E-state index in [0.29, 0.717) is 10.8 Å². The molecule has 1 unspecified atom stereocenters. The molecule has 0 aliphatic heterocycles. The van der Waals surface area contributed by atoms with Gasteiger partial charge in [0.15, 0.2) is 0 Å². The number of hydrogen-bond acceptors (Lipinski definition) is 0. The summed E-state index contributed by atoms with van der Waals surface area (Å²) in [6.07, 6.45) is 12.8. The fourth-order valence-corrected chi connectivity index (χ4v) is 5.26. The summed E-state index contributed by atoms with van der Waals surface area (Å²) in [5, 5.41) is 0. The molecule has 1 aromatic rings. The predicted molar refractivity (Wildman–Crippen MR) is 80.8 cm³/mol. The lowest BCUT2D eigenvalue weighted by molar-refractivity contribution is 0.353. The largest absolute Gasteiger partial charge is 0.0736 e. The molecule has 0 radical (unpaired) electrons.